The molecule has 5 nitrogen and oxygen atoms in total. The van der Waals surface area contributed by atoms with Crippen LogP contribution in [-0.4, -0.2) is 33.6 Å². The van der Waals surface area contributed by atoms with Gasteiger partial charge < -0.3 is 5.73 Å². The molecule has 2 N–H and O–H groups in total. The number of nitrogens with two attached hydrogens (primary N) is 1. The summed E-state index contributed by atoms with van der Waals surface area (Å²) in [5.74, 6) is -0.261. The van der Waals surface area contributed by atoms with Crippen molar-refractivity contribution in [3.8, 4) is 0 Å². The van der Waals surface area contributed by atoms with Gasteiger partial charge in [0.15, 0.2) is 0 Å². The van der Waals surface area contributed by atoms with Crippen LogP contribution < -0.4 is 5.73 Å². The lowest BCUT2D eigenvalue weighted by Gasteiger charge is -2.19. The van der Waals surface area contributed by atoms with Crippen molar-refractivity contribution in [1.82, 2.24) is 15.1 Å². The minimum atomic E-state index is -0.261. The molecule has 0 bridgehead atoms. The number of carbonyl (C=O) groups excluding carboxylic acids is 1. The van der Waals surface area contributed by atoms with Crippen molar-refractivity contribution in [2.75, 3.05) is 6.54 Å². The Kier molecular flexibility index (Phi) is 3.18. The van der Waals surface area contributed by atoms with Crippen LogP contribution in [0, 0.1) is 0 Å². The fourth-order valence-electron chi connectivity index (χ4n) is 1.81. The van der Waals surface area contributed by atoms with Crippen LogP contribution in [0.3, 0.4) is 0 Å². The number of aromatic nitrogens is 2. The molecule has 0 aromatic carbocycles. The number of primary amides is 1. The van der Waals surface area contributed by atoms with Gasteiger partial charge in [-0.05, 0) is 31.0 Å². The van der Waals surface area contributed by atoms with Gasteiger partial charge in [-0.1, -0.05) is 11.3 Å². The minimum absolute atomic E-state index is 0.160. The molecule has 2 rings (SSSR count). The Hall–Kier alpha value is -0.720. The molecule has 1 aromatic heterocycles. The van der Waals surface area contributed by atoms with E-state index < -0.39 is 0 Å². The molecule has 0 radical (unpaired) electrons. The predicted octanol–water partition coefficient (Wildman–Crippen LogP) is 0.641. The number of hydrogen-bond acceptors (Lipinski definition) is 5. The predicted molar refractivity (Wildman–Crippen MR) is 57.5 cm³/mol. The van der Waals surface area contributed by atoms with Crippen molar-refractivity contribution in [2.45, 2.75) is 25.4 Å². The Balaban J connectivity index is 2.02. The topological polar surface area (TPSA) is 72.1 Å². The van der Waals surface area contributed by atoms with Gasteiger partial charge in [-0.2, -0.15) is 0 Å². The van der Waals surface area contributed by atoms with Crippen LogP contribution in [0.2, 0.25) is 4.47 Å². The van der Waals surface area contributed by atoms with Gasteiger partial charge in [0.1, 0.15) is 5.01 Å². The highest BCUT2D eigenvalue weighted by Crippen LogP contribution is 2.22. The van der Waals surface area contributed by atoms with E-state index in [0.29, 0.717) is 11.0 Å². The summed E-state index contributed by atoms with van der Waals surface area (Å²) in [7, 11) is 0. The highest BCUT2D eigenvalue weighted by Gasteiger charge is 2.29. The highest BCUT2D eigenvalue weighted by molar-refractivity contribution is 7.15. The van der Waals surface area contributed by atoms with Crippen molar-refractivity contribution in [2.24, 2.45) is 5.73 Å². The van der Waals surface area contributed by atoms with Crippen LogP contribution in [0.15, 0.2) is 0 Å². The fraction of sp³-hybridized carbons (Fsp3) is 0.625. The Labute approximate surface area is 96.2 Å². The first-order chi connectivity index (χ1) is 7.16. The molecule has 1 aliphatic heterocycles. The van der Waals surface area contributed by atoms with Crippen LogP contribution >= 0.6 is 22.9 Å². The Morgan fingerprint density at radius 1 is 1.67 bits per heavy atom. The third-order valence-corrected chi connectivity index (χ3v) is 3.48. The van der Waals surface area contributed by atoms with Gasteiger partial charge in [-0.3, -0.25) is 9.69 Å². The second-order valence-corrected chi connectivity index (χ2v) is 5.12. The fourth-order valence-corrected chi connectivity index (χ4v) is 2.70. The number of halogens is 1. The maximum absolute atomic E-state index is 11.1. The molecule has 7 heteroatoms. The summed E-state index contributed by atoms with van der Waals surface area (Å²) in [5.41, 5.74) is 5.31. The van der Waals surface area contributed by atoms with Crippen molar-refractivity contribution in [3.05, 3.63) is 9.47 Å². The normalized spacial score (nSPS) is 22.1. The van der Waals surface area contributed by atoms with E-state index in [-0.39, 0.29) is 11.9 Å². The van der Waals surface area contributed by atoms with Gasteiger partial charge in [-0.25, -0.2) is 0 Å². The number of likely N-dealkylation sites (tertiary alicyclic amines) is 1. The highest BCUT2D eigenvalue weighted by atomic mass is 35.5. The molecular weight excluding hydrogens is 236 g/mol. The smallest absolute Gasteiger partial charge is 0.234 e. The van der Waals surface area contributed by atoms with Gasteiger partial charge in [0.2, 0.25) is 10.4 Å². The SMILES string of the molecule is NC(=O)C1CCCN1Cc1nnc(Cl)s1. The van der Waals surface area contributed by atoms with Crippen LogP contribution in [-0.2, 0) is 11.3 Å². The molecule has 82 valence electrons. The number of amides is 1. The number of hydrogen-bond donors (Lipinski definition) is 1. The van der Waals surface area contributed by atoms with E-state index in [2.05, 4.69) is 10.2 Å². The second-order valence-electron chi connectivity index (χ2n) is 3.48. The van der Waals surface area contributed by atoms with E-state index in [1.54, 1.807) is 0 Å². The summed E-state index contributed by atoms with van der Waals surface area (Å²) < 4.78 is 0.430. The zero-order valence-electron chi connectivity index (χ0n) is 8.02. The van der Waals surface area contributed by atoms with Crippen molar-refractivity contribution in [3.63, 3.8) is 0 Å². The standard InChI is InChI=1S/C8H11ClN4OS/c9-8-12-11-6(15-8)4-13-3-1-2-5(13)7(10)14/h5H,1-4H2,(H2,10,14). The van der Waals surface area contributed by atoms with E-state index in [4.69, 9.17) is 17.3 Å². The molecule has 15 heavy (non-hydrogen) atoms. The molecule has 0 saturated carbocycles. The Bertz CT molecular complexity index is 369. The Morgan fingerprint density at radius 2 is 2.47 bits per heavy atom. The molecule has 1 fully saturated rings. The zero-order chi connectivity index (χ0) is 10.8. The van der Waals surface area contributed by atoms with Crippen LogP contribution in [0.5, 0.6) is 0 Å². The number of rotatable bonds is 3. The Morgan fingerprint density at radius 3 is 3.07 bits per heavy atom. The molecule has 2 heterocycles. The van der Waals surface area contributed by atoms with Gasteiger partial charge in [-0.15, -0.1) is 10.2 Å². The van der Waals surface area contributed by atoms with Gasteiger partial charge in [0.05, 0.1) is 12.6 Å². The largest absolute Gasteiger partial charge is 0.368 e. The average Bonchev–Trinajstić information content (AvgIpc) is 2.75. The van der Waals surface area contributed by atoms with Crippen LogP contribution in [0.1, 0.15) is 17.8 Å². The van der Waals surface area contributed by atoms with E-state index in [1.807, 2.05) is 4.90 Å². The third-order valence-electron chi connectivity index (χ3n) is 2.47. The van der Waals surface area contributed by atoms with E-state index >= 15 is 0 Å². The van der Waals surface area contributed by atoms with Gasteiger partial charge in [0, 0.05) is 0 Å². The first-order valence-electron chi connectivity index (χ1n) is 4.68. The summed E-state index contributed by atoms with van der Waals surface area (Å²) in [4.78, 5) is 13.2. The average molecular weight is 247 g/mol. The summed E-state index contributed by atoms with van der Waals surface area (Å²) in [6.45, 7) is 1.49. The van der Waals surface area contributed by atoms with Crippen LogP contribution in [0.4, 0.5) is 0 Å². The number of carbonyl (C=O) groups is 1. The summed E-state index contributed by atoms with van der Waals surface area (Å²) >= 11 is 7.02. The van der Waals surface area contributed by atoms with Gasteiger partial charge >= 0.3 is 0 Å². The molecule has 0 spiro atoms. The molecule has 1 unspecified atom stereocenters. The maximum Gasteiger partial charge on any atom is 0.234 e. The lowest BCUT2D eigenvalue weighted by Crippen LogP contribution is -2.39. The minimum Gasteiger partial charge on any atom is -0.368 e. The van der Waals surface area contributed by atoms with Crippen molar-refractivity contribution >= 4 is 28.8 Å². The molecule has 1 aliphatic rings. The summed E-state index contributed by atoms with van der Waals surface area (Å²) in [5, 5.41) is 8.46. The van der Waals surface area contributed by atoms with E-state index in [0.717, 1.165) is 24.4 Å². The molecule has 0 aliphatic carbocycles. The first kappa shape index (κ1) is 10.8. The van der Waals surface area contributed by atoms with E-state index in [1.165, 1.54) is 11.3 Å². The van der Waals surface area contributed by atoms with Crippen LogP contribution in [0.25, 0.3) is 0 Å². The summed E-state index contributed by atoms with van der Waals surface area (Å²) in [6.07, 6.45) is 1.84. The van der Waals surface area contributed by atoms with Crippen molar-refractivity contribution in [1.29, 1.82) is 0 Å². The lowest BCUT2D eigenvalue weighted by molar-refractivity contribution is -0.122. The maximum atomic E-state index is 11.1. The van der Waals surface area contributed by atoms with Crippen molar-refractivity contribution < 1.29 is 4.79 Å². The van der Waals surface area contributed by atoms with E-state index in [9.17, 15) is 4.79 Å². The molecule has 1 saturated heterocycles. The molecule has 1 aromatic rings. The quantitative estimate of drug-likeness (QED) is 0.850. The zero-order valence-corrected chi connectivity index (χ0v) is 9.59. The third kappa shape index (κ3) is 2.45. The first-order valence-corrected chi connectivity index (χ1v) is 5.87. The lowest BCUT2D eigenvalue weighted by atomic mass is 10.2. The van der Waals surface area contributed by atoms with Gasteiger partial charge in [0.25, 0.3) is 0 Å². The summed E-state index contributed by atoms with van der Waals surface area (Å²) in [6, 6.07) is -0.160. The monoisotopic (exact) mass is 246 g/mol. The molecule has 1 atom stereocenters. The molecular formula is C8H11ClN4OS. The second kappa shape index (κ2) is 4.42. The number of nitrogens with zero attached hydrogens (tertiary/aromatic N) is 3. The molecule has 1 amide bonds.